The second-order valence-electron chi connectivity index (χ2n) is 10.5. The summed E-state index contributed by atoms with van der Waals surface area (Å²) in [6.07, 6.45) is 20.9. The van der Waals surface area contributed by atoms with Crippen LogP contribution < -0.4 is 11.3 Å². The highest BCUT2D eigenvalue weighted by Gasteiger charge is 2.32. The van der Waals surface area contributed by atoms with Crippen molar-refractivity contribution in [1.29, 1.82) is 0 Å². The van der Waals surface area contributed by atoms with Crippen molar-refractivity contribution in [3.05, 3.63) is 94.2 Å². The largest absolute Gasteiger partial charge is 0.369 e. The van der Waals surface area contributed by atoms with Crippen molar-refractivity contribution in [2.45, 2.75) is 53.5 Å². The van der Waals surface area contributed by atoms with Crippen LogP contribution in [0.1, 0.15) is 58.3 Å². The molecule has 1 aliphatic rings. The Morgan fingerprint density at radius 3 is 2.66 bits per heavy atom. The lowest BCUT2D eigenvalue weighted by Gasteiger charge is -2.37. The van der Waals surface area contributed by atoms with Gasteiger partial charge in [-0.3, -0.25) is 14.2 Å². The predicted octanol–water partition coefficient (Wildman–Crippen LogP) is 4.93. The molecule has 0 saturated heterocycles. The topological polar surface area (TPSA) is 114 Å². The maximum atomic E-state index is 12.8. The van der Waals surface area contributed by atoms with Gasteiger partial charge < -0.3 is 10.3 Å². The van der Waals surface area contributed by atoms with Crippen LogP contribution >= 0.6 is 0 Å². The minimum absolute atomic E-state index is 0.0196. The van der Waals surface area contributed by atoms with E-state index in [1.165, 1.54) is 39.7 Å². The number of aromatic nitrogens is 6. The Morgan fingerprint density at radius 2 is 1.95 bits per heavy atom. The number of hydrogen-bond acceptors (Lipinski definition) is 6. The van der Waals surface area contributed by atoms with Gasteiger partial charge in [0.05, 0.1) is 12.4 Å². The molecule has 0 radical (unpaired) electrons. The number of imidazole rings is 2. The van der Waals surface area contributed by atoms with Crippen molar-refractivity contribution in [1.82, 2.24) is 28.7 Å². The highest BCUT2D eigenvalue weighted by Crippen LogP contribution is 2.45. The minimum atomic E-state index is -0.395. The van der Waals surface area contributed by atoms with Gasteiger partial charge in [-0.05, 0) is 55.7 Å². The molecule has 198 valence electrons. The quantitative estimate of drug-likeness (QED) is 0.369. The number of carbonyl (C=O) groups is 1. The molecule has 3 aromatic rings. The summed E-state index contributed by atoms with van der Waals surface area (Å²) in [5.74, 6) is -0.337. The van der Waals surface area contributed by atoms with E-state index in [1.54, 1.807) is 0 Å². The molecule has 4 rings (SSSR count). The van der Waals surface area contributed by atoms with Crippen LogP contribution in [0.25, 0.3) is 11.2 Å². The van der Waals surface area contributed by atoms with E-state index in [0.717, 1.165) is 24.0 Å². The SMILES string of the molecule is CC1=C(/C=C/C(C)=C/C=C/C(C)=C/C(=O)n2cnc3c(=O)n(C)c(N)nc32)C(C)(C)CCC1n1ccnc1. The molecule has 3 heterocycles. The molecule has 9 heteroatoms. The Hall–Kier alpha value is -4.27. The maximum absolute atomic E-state index is 12.8. The average Bonchev–Trinajstić information content (AvgIpc) is 3.53. The van der Waals surface area contributed by atoms with Crippen molar-refractivity contribution in [3.8, 4) is 0 Å². The number of fused-ring (bicyclic) bond motifs is 1. The van der Waals surface area contributed by atoms with Crippen molar-refractivity contribution < 1.29 is 4.79 Å². The number of nitrogens with two attached hydrogens (primary N) is 1. The molecule has 2 N–H and O–H groups in total. The molecule has 1 atom stereocenters. The van der Waals surface area contributed by atoms with E-state index in [0.29, 0.717) is 6.04 Å². The van der Waals surface area contributed by atoms with Crippen LogP contribution in [-0.2, 0) is 7.05 Å². The van der Waals surface area contributed by atoms with Crippen molar-refractivity contribution in [2.75, 3.05) is 5.73 Å². The van der Waals surface area contributed by atoms with Gasteiger partial charge in [0.1, 0.15) is 6.33 Å². The molecule has 1 aliphatic carbocycles. The fourth-order valence-corrected chi connectivity index (χ4v) is 4.89. The lowest BCUT2D eigenvalue weighted by atomic mass is 9.71. The molecule has 0 amide bonds. The Balaban J connectivity index is 1.49. The summed E-state index contributed by atoms with van der Waals surface area (Å²) >= 11 is 0. The minimum Gasteiger partial charge on any atom is -0.369 e. The van der Waals surface area contributed by atoms with Gasteiger partial charge in [-0.15, -0.1) is 0 Å². The molecule has 1 unspecified atom stereocenters. The van der Waals surface area contributed by atoms with Gasteiger partial charge in [-0.1, -0.05) is 49.8 Å². The van der Waals surface area contributed by atoms with Gasteiger partial charge in [0.2, 0.25) is 5.95 Å². The zero-order chi connectivity index (χ0) is 27.6. The summed E-state index contributed by atoms with van der Waals surface area (Å²) in [5, 5.41) is 0. The molecule has 0 aromatic carbocycles. The lowest BCUT2D eigenvalue weighted by molar-refractivity contribution is 0.0972. The molecule has 38 heavy (non-hydrogen) atoms. The van der Waals surface area contributed by atoms with Crippen LogP contribution in [0.5, 0.6) is 0 Å². The van der Waals surface area contributed by atoms with E-state index in [1.807, 2.05) is 43.9 Å². The summed E-state index contributed by atoms with van der Waals surface area (Å²) in [4.78, 5) is 37.5. The third kappa shape index (κ3) is 5.37. The summed E-state index contributed by atoms with van der Waals surface area (Å²) < 4.78 is 4.62. The second-order valence-corrected chi connectivity index (χ2v) is 10.5. The zero-order valence-corrected chi connectivity index (χ0v) is 22.8. The maximum Gasteiger partial charge on any atom is 0.282 e. The fraction of sp³-hybridized carbons (Fsp3) is 0.345. The molecule has 9 nitrogen and oxygen atoms in total. The first-order valence-electron chi connectivity index (χ1n) is 12.6. The normalized spacial score (nSPS) is 18.8. The van der Waals surface area contributed by atoms with E-state index in [2.05, 4.69) is 59.4 Å². The Morgan fingerprint density at radius 1 is 1.18 bits per heavy atom. The summed E-state index contributed by atoms with van der Waals surface area (Å²) in [5.41, 5.74) is 10.3. The third-order valence-electron chi connectivity index (χ3n) is 7.21. The van der Waals surface area contributed by atoms with Crippen LogP contribution in [0.4, 0.5) is 5.95 Å². The van der Waals surface area contributed by atoms with Crippen LogP contribution in [0.3, 0.4) is 0 Å². The molecule has 3 aromatic heterocycles. The van der Waals surface area contributed by atoms with E-state index in [9.17, 15) is 9.59 Å². The number of carbonyl (C=O) groups excluding carboxylic acids is 1. The number of hydrogen-bond donors (Lipinski definition) is 1. The van der Waals surface area contributed by atoms with Gasteiger partial charge in [0.25, 0.3) is 11.5 Å². The summed E-state index contributed by atoms with van der Waals surface area (Å²) in [6.45, 7) is 10.7. The number of nitrogen functional groups attached to an aromatic ring is 1. The molecular formula is C29H35N7O2. The first kappa shape index (κ1) is 26.8. The van der Waals surface area contributed by atoms with Gasteiger partial charge in [0.15, 0.2) is 11.2 Å². The summed E-state index contributed by atoms with van der Waals surface area (Å²) in [7, 11) is 1.51. The second kappa shape index (κ2) is 10.6. The van der Waals surface area contributed by atoms with Crippen molar-refractivity contribution in [2.24, 2.45) is 12.5 Å². The molecule has 0 spiro atoms. The van der Waals surface area contributed by atoms with E-state index in [4.69, 9.17) is 5.73 Å². The first-order valence-corrected chi connectivity index (χ1v) is 12.6. The first-order chi connectivity index (χ1) is 18.0. The Labute approximate surface area is 222 Å². The Bertz CT molecular complexity index is 1570. The van der Waals surface area contributed by atoms with Crippen molar-refractivity contribution in [3.63, 3.8) is 0 Å². The van der Waals surface area contributed by atoms with Crippen LogP contribution in [0.15, 0.2) is 88.6 Å². The number of rotatable bonds is 6. The van der Waals surface area contributed by atoms with E-state index < -0.39 is 5.56 Å². The Kier molecular flexibility index (Phi) is 7.48. The van der Waals surface area contributed by atoms with Gasteiger partial charge >= 0.3 is 0 Å². The monoisotopic (exact) mass is 513 g/mol. The van der Waals surface area contributed by atoms with Crippen LogP contribution in [-0.4, -0.2) is 34.6 Å². The molecular weight excluding hydrogens is 478 g/mol. The van der Waals surface area contributed by atoms with Crippen LogP contribution in [0.2, 0.25) is 0 Å². The molecule has 0 bridgehead atoms. The number of anilines is 1. The highest BCUT2D eigenvalue weighted by molar-refractivity contribution is 5.96. The number of allylic oxidation sites excluding steroid dienone is 10. The van der Waals surface area contributed by atoms with E-state index >= 15 is 0 Å². The highest BCUT2D eigenvalue weighted by atomic mass is 16.2. The lowest BCUT2D eigenvalue weighted by Crippen LogP contribution is -2.25. The van der Waals surface area contributed by atoms with Crippen molar-refractivity contribution >= 4 is 23.0 Å². The number of nitrogens with zero attached hydrogens (tertiary/aromatic N) is 6. The molecule has 0 fully saturated rings. The zero-order valence-electron chi connectivity index (χ0n) is 22.8. The molecule has 0 aliphatic heterocycles. The standard InChI is InChI=1S/C29H35N7O2/c1-19(10-11-22-21(3)23(12-13-29(22,4)5)35-15-14-31-17-35)8-7-9-20(2)16-24(37)36-18-32-25-26(36)33-28(30)34(6)27(25)38/h7-11,14-18,23H,12-13H2,1-6H3,(H2,30,33)/b9-7+,11-10+,19-8+,20-16+. The average molecular weight is 514 g/mol. The van der Waals surface area contributed by atoms with Crippen LogP contribution in [0, 0.1) is 5.41 Å². The summed E-state index contributed by atoms with van der Waals surface area (Å²) in [6, 6.07) is 0.335. The smallest absolute Gasteiger partial charge is 0.282 e. The predicted molar refractivity (Wildman–Crippen MR) is 151 cm³/mol. The third-order valence-corrected chi connectivity index (χ3v) is 7.21. The van der Waals surface area contributed by atoms with Gasteiger partial charge in [-0.2, -0.15) is 4.98 Å². The van der Waals surface area contributed by atoms with Gasteiger partial charge in [0, 0.05) is 25.5 Å². The molecule has 0 saturated carbocycles. The van der Waals surface area contributed by atoms with Gasteiger partial charge in [-0.25, -0.2) is 14.5 Å². The van der Waals surface area contributed by atoms with E-state index in [-0.39, 0.29) is 28.4 Å². The fourth-order valence-electron chi connectivity index (χ4n) is 4.89.